The van der Waals surface area contributed by atoms with Crippen molar-refractivity contribution in [1.82, 2.24) is 0 Å². The lowest BCUT2D eigenvalue weighted by Gasteiger charge is -2.14. The van der Waals surface area contributed by atoms with Crippen LogP contribution in [0.3, 0.4) is 0 Å². The summed E-state index contributed by atoms with van der Waals surface area (Å²) in [7, 11) is 0. The fourth-order valence-electron chi connectivity index (χ4n) is 2.30. The highest BCUT2D eigenvalue weighted by Gasteiger charge is 2.09. The Morgan fingerprint density at radius 2 is 2.00 bits per heavy atom. The van der Waals surface area contributed by atoms with Gasteiger partial charge in [0.2, 0.25) is 5.91 Å². The van der Waals surface area contributed by atoms with E-state index in [9.17, 15) is 9.59 Å². The molecule has 1 aromatic carbocycles. The molecule has 0 saturated carbocycles. The summed E-state index contributed by atoms with van der Waals surface area (Å²) in [6, 6.07) is 5.71. The molecule has 5 nitrogen and oxygen atoms in total. The molecule has 1 atom stereocenters. The Labute approximate surface area is 148 Å². The smallest absolute Gasteiger partial charge is 0.303 e. The lowest BCUT2D eigenvalue weighted by molar-refractivity contribution is -0.137. The third-order valence-electron chi connectivity index (χ3n) is 3.76. The topological polar surface area (TPSA) is 89.6 Å². The largest absolute Gasteiger partial charge is 0.492 e. The summed E-state index contributed by atoms with van der Waals surface area (Å²) in [6.45, 7) is 2.48. The SMILES string of the molecule is C[C@@H](CCC(N)=O)COc1cc(CCCCCC(=O)O)ccc1Cl. The molecule has 0 unspecified atom stereocenters. The van der Waals surface area contributed by atoms with Crippen molar-refractivity contribution in [3.05, 3.63) is 28.8 Å². The van der Waals surface area contributed by atoms with E-state index in [4.69, 9.17) is 27.2 Å². The van der Waals surface area contributed by atoms with Crippen LogP contribution in [0, 0.1) is 5.92 Å². The first-order valence-corrected chi connectivity index (χ1v) is 8.67. The van der Waals surface area contributed by atoms with Crippen molar-refractivity contribution in [2.45, 2.75) is 51.9 Å². The molecule has 0 aromatic heterocycles. The van der Waals surface area contributed by atoms with Gasteiger partial charge in [-0.1, -0.05) is 31.0 Å². The fraction of sp³-hybridized carbons (Fsp3) is 0.556. The summed E-state index contributed by atoms with van der Waals surface area (Å²) in [5.74, 6) is -0.189. The van der Waals surface area contributed by atoms with Crippen LogP contribution in [0.2, 0.25) is 5.02 Å². The van der Waals surface area contributed by atoms with Crippen molar-refractivity contribution in [2.75, 3.05) is 6.61 Å². The summed E-state index contributed by atoms with van der Waals surface area (Å²) >= 11 is 6.16. The number of rotatable bonds is 12. The van der Waals surface area contributed by atoms with Gasteiger partial charge in [0.1, 0.15) is 5.75 Å². The minimum atomic E-state index is -0.748. The number of unbranched alkanes of at least 4 members (excludes halogenated alkanes) is 2. The number of benzene rings is 1. The molecule has 134 valence electrons. The molecule has 3 N–H and O–H groups in total. The van der Waals surface area contributed by atoms with Crippen molar-refractivity contribution >= 4 is 23.5 Å². The predicted molar refractivity (Wildman–Crippen MR) is 94.3 cm³/mol. The third kappa shape index (κ3) is 8.77. The van der Waals surface area contributed by atoms with Crippen LogP contribution in [-0.4, -0.2) is 23.6 Å². The first-order chi connectivity index (χ1) is 11.4. The molecule has 0 bridgehead atoms. The number of hydrogen-bond donors (Lipinski definition) is 2. The number of aliphatic carboxylic acids is 1. The van der Waals surface area contributed by atoms with Crippen molar-refractivity contribution < 1.29 is 19.4 Å². The highest BCUT2D eigenvalue weighted by Crippen LogP contribution is 2.27. The lowest BCUT2D eigenvalue weighted by atomic mass is 10.1. The average molecular weight is 356 g/mol. The molecule has 0 spiro atoms. The van der Waals surface area contributed by atoms with Crippen LogP contribution in [0.5, 0.6) is 5.75 Å². The van der Waals surface area contributed by atoms with Crippen molar-refractivity contribution in [3.63, 3.8) is 0 Å². The van der Waals surface area contributed by atoms with Gasteiger partial charge in [0.25, 0.3) is 0 Å². The summed E-state index contributed by atoms with van der Waals surface area (Å²) in [5, 5.41) is 9.17. The van der Waals surface area contributed by atoms with E-state index < -0.39 is 5.97 Å². The van der Waals surface area contributed by atoms with Crippen LogP contribution < -0.4 is 10.5 Å². The first kappa shape index (κ1) is 20.3. The lowest BCUT2D eigenvalue weighted by Crippen LogP contribution is -2.15. The van der Waals surface area contributed by atoms with Crippen molar-refractivity contribution in [3.8, 4) is 5.75 Å². The van der Waals surface area contributed by atoms with Crippen LogP contribution in [0.1, 0.15) is 51.0 Å². The first-order valence-electron chi connectivity index (χ1n) is 8.29. The van der Waals surface area contributed by atoms with Gasteiger partial charge in [0.15, 0.2) is 0 Å². The second-order valence-electron chi connectivity index (χ2n) is 6.14. The molecule has 0 aliphatic heterocycles. The predicted octanol–water partition coefficient (Wildman–Crippen LogP) is 3.81. The summed E-state index contributed by atoms with van der Waals surface area (Å²) < 4.78 is 5.77. The van der Waals surface area contributed by atoms with Crippen LogP contribution in [-0.2, 0) is 16.0 Å². The third-order valence-corrected chi connectivity index (χ3v) is 4.07. The Hall–Kier alpha value is -1.75. The molecule has 0 aliphatic rings. The van der Waals surface area contributed by atoms with Gasteiger partial charge in [-0.05, 0) is 49.3 Å². The number of primary amides is 1. The van der Waals surface area contributed by atoms with Gasteiger partial charge in [-0.3, -0.25) is 9.59 Å². The average Bonchev–Trinajstić information content (AvgIpc) is 2.52. The Morgan fingerprint density at radius 1 is 1.25 bits per heavy atom. The molecule has 0 heterocycles. The number of carbonyl (C=O) groups is 2. The number of ether oxygens (including phenoxy) is 1. The molecule has 0 saturated heterocycles. The van der Waals surface area contributed by atoms with Crippen LogP contribution in [0.4, 0.5) is 0 Å². The maximum absolute atomic E-state index is 10.8. The van der Waals surface area contributed by atoms with E-state index in [0.717, 1.165) is 24.8 Å². The van der Waals surface area contributed by atoms with E-state index in [0.29, 0.717) is 36.6 Å². The second kappa shape index (κ2) is 10.9. The number of hydrogen-bond acceptors (Lipinski definition) is 3. The molecule has 24 heavy (non-hydrogen) atoms. The van der Waals surface area contributed by atoms with E-state index >= 15 is 0 Å². The van der Waals surface area contributed by atoms with Gasteiger partial charge in [0, 0.05) is 12.8 Å². The molecule has 1 rings (SSSR count). The molecule has 0 fully saturated rings. The normalized spacial score (nSPS) is 11.9. The second-order valence-corrected chi connectivity index (χ2v) is 6.55. The van der Waals surface area contributed by atoms with Crippen molar-refractivity contribution in [2.24, 2.45) is 11.7 Å². The van der Waals surface area contributed by atoms with Crippen LogP contribution >= 0.6 is 11.6 Å². The van der Waals surface area contributed by atoms with Gasteiger partial charge < -0.3 is 15.6 Å². The zero-order chi connectivity index (χ0) is 17.9. The minimum absolute atomic E-state index is 0.216. The van der Waals surface area contributed by atoms with Crippen molar-refractivity contribution in [1.29, 1.82) is 0 Å². The molecular weight excluding hydrogens is 330 g/mol. The van der Waals surface area contributed by atoms with E-state index in [1.807, 2.05) is 25.1 Å². The summed E-state index contributed by atoms with van der Waals surface area (Å²) in [5.41, 5.74) is 6.26. The van der Waals surface area contributed by atoms with Gasteiger partial charge in [-0.25, -0.2) is 0 Å². The number of carboxylic acid groups (broad SMARTS) is 1. The Balaban J connectivity index is 2.41. The van der Waals surface area contributed by atoms with E-state index in [2.05, 4.69) is 0 Å². The molecule has 0 radical (unpaired) electrons. The zero-order valence-corrected chi connectivity index (χ0v) is 14.8. The zero-order valence-electron chi connectivity index (χ0n) is 14.1. The van der Waals surface area contributed by atoms with Gasteiger partial charge >= 0.3 is 5.97 Å². The summed E-state index contributed by atoms with van der Waals surface area (Å²) in [6.07, 6.45) is 4.65. The maximum atomic E-state index is 10.8. The Kier molecular flexibility index (Phi) is 9.23. The fourth-order valence-corrected chi connectivity index (χ4v) is 2.47. The van der Waals surface area contributed by atoms with Crippen LogP contribution in [0.25, 0.3) is 0 Å². The maximum Gasteiger partial charge on any atom is 0.303 e. The minimum Gasteiger partial charge on any atom is -0.492 e. The van der Waals surface area contributed by atoms with E-state index in [-0.39, 0.29) is 18.2 Å². The number of carbonyl (C=O) groups excluding carboxylic acids is 1. The molecule has 1 amide bonds. The highest BCUT2D eigenvalue weighted by atomic mass is 35.5. The standard InChI is InChI=1S/C18H26ClNO4/c1-13(7-10-17(20)21)12-24-16-11-14(8-9-15(16)19)5-3-2-4-6-18(22)23/h8-9,11,13H,2-7,10,12H2,1H3,(H2,20,21)(H,22,23)/t13-/m0/s1. The molecule has 6 heteroatoms. The number of nitrogens with two attached hydrogens (primary N) is 1. The quantitative estimate of drug-likeness (QED) is 0.558. The number of amides is 1. The van der Waals surface area contributed by atoms with Gasteiger partial charge in [-0.15, -0.1) is 0 Å². The number of carboxylic acids is 1. The Bertz CT molecular complexity index is 548. The number of aryl methyl sites for hydroxylation is 1. The summed E-state index contributed by atoms with van der Waals surface area (Å²) in [4.78, 5) is 21.3. The molecule has 1 aromatic rings. The Morgan fingerprint density at radius 3 is 2.67 bits per heavy atom. The van der Waals surface area contributed by atoms with Crippen LogP contribution in [0.15, 0.2) is 18.2 Å². The van der Waals surface area contributed by atoms with E-state index in [1.54, 1.807) is 0 Å². The number of halogens is 1. The monoisotopic (exact) mass is 355 g/mol. The van der Waals surface area contributed by atoms with Gasteiger partial charge in [0.05, 0.1) is 11.6 Å². The highest BCUT2D eigenvalue weighted by molar-refractivity contribution is 6.32. The van der Waals surface area contributed by atoms with E-state index in [1.165, 1.54) is 0 Å². The molecule has 0 aliphatic carbocycles. The van der Waals surface area contributed by atoms with Gasteiger partial charge in [-0.2, -0.15) is 0 Å². The molecular formula is C18H26ClNO4.